The zero-order valence-corrected chi connectivity index (χ0v) is 23.5. The van der Waals surface area contributed by atoms with Crippen LogP contribution < -0.4 is 4.31 Å². The van der Waals surface area contributed by atoms with Gasteiger partial charge in [0.2, 0.25) is 0 Å². The molecule has 6 nitrogen and oxygen atoms in total. The van der Waals surface area contributed by atoms with E-state index in [-0.39, 0.29) is 6.04 Å². The highest BCUT2D eigenvalue weighted by Crippen LogP contribution is 2.37. The van der Waals surface area contributed by atoms with Gasteiger partial charge < -0.3 is 4.98 Å². The number of nitrogens with one attached hydrogen (secondary N) is 1. The Bertz CT molecular complexity index is 1360. The van der Waals surface area contributed by atoms with Crippen LogP contribution in [0.3, 0.4) is 0 Å². The summed E-state index contributed by atoms with van der Waals surface area (Å²) in [6.07, 6.45) is 5.86. The number of aromatic nitrogens is 2. The third kappa shape index (κ3) is 4.79. The van der Waals surface area contributed by atoms with E-state index in [1.165, 1.54) is 35.5 Å². The molecule has 0 spiro atoms. The Hall–Kier alpha value is -1.47. The second-order valence-corrected chi connectivity index (χ2v) is 13.6. The number of thiazole rings is 1. The van der Waals surface area contributed by atoms with Crippen molar-refractivity contribution in [3.05, 3.63) is 52.9 Å². The molecule has 1 fully saturated rings. The molecule has 1 N–H and O–H groups in total. The van der Waals surface area contributed by atoms with E-state index in [0.29, 0.717) is 14.3 Å². The summed E-state index contributed by atoms with van der Waals surface area (Å²) in [4.78, 5) is 12.0. The smallest absolute Gasteiger partial charge is 0.274 e. The SMILES string of the molecule is CC(CI)N(c1cccc2cc(-c3ncc(CN4CCCCC4)s3)[nH]c12)S(=O)(=O)c1cccs1. The summed E-state index contributed by atoms with van der Waals surface area (Å²) < 4.78 is 29.8. The van der Waals surface area contributed by atoms with Crippen LogP contribution in [0.15, 0.2) is 52.2 Å². The van der Waals surface area contributed by atoms with E-state index in [1.54, 1.807) is 33.2 Å². The van der Waals surface area contributed by atoms with Crippen LogP contribution in [0.4, 0.5) is 5.69 Å². The number of nitrogens with zero attached hydrogens (tertiary/aromatic N) is 3. The molecule has 1 aliphatic rings. The number of alkyl halides is 1. The minimum Gasteiger partial charge on any atom is -0.351 e. The maximum absolute atomic E-state index is 13.6. The number of hydrogen-bond acceptors (Lipinski definition) is 6. The largest absolute Gasteiger partial charge is 0.351 e. The van der Waals surface area contributed by atoms with Gasteiger partial charge in [-0.15, -0.1) is 22.7 Å². The minimum atomic E-state index is -3.67. The molecule has 1 aromatic carbocycles. The van der Waals surface area contributed by atoms with Gasteiger partial charge in [-0.3, -0.25) is 9.21 Å². The number of benzene rings is 1. The van der Waals surface area contributed by atoms with Crippen LogP contribution in [0.1, 0.15) is 31.1 Å². The molecule has 0 bridgehead atoms. The molecule has 0 aliphatic carbocycles. The summed E-state index contributed by atoms with van der Waals surface area (Å²) in [5.74, 6) is 0. The molecule has 1 atom stereocenters. The van der Waals surface area contributed by atoms with E-state index >= 15 is 0 Å². The van der Waals surface area contributed by atoms with Crippen LogP contribution in [-0.2, 0) is 16.6 Å². The molecule has 0 saturated carbocycles. The fourth-order valence-electron chi connectivity index (χ4n) is 4.46. The maximum atomic E-state index is 13.6. The molecular weight excluding hydrogens is 599 g/mol. The highest BCUT2D eigenvalue weighted by atomic mass is 127. The maximum Gasteiger partial charge on any atom is 0.274 e. The standard InChI is InChI=1S/C24H27IN4O2S3/c1-17(14-25)29(34(30,31)22-9-6-12-32-22)21-8-5-7-18-13-20(27-23(18)21)24-26-15-19(33-24)16-28-10-3-2-4-11-28/h5-9,12-13,15,17,27H,2-4,10-11,14,16H2,1H3. The zero-order chi connectivity index (χ0) is 23.7. The van der Waals surface area contributed by atoms with E-state index in [4.69, 9.17) is 4.98 Å². The highest BCUT2D eigenvalue weighted by Gasteiger charge is 2.31. The van der Waals surface area contributed by atoms with Crippen molar-refractivity contribution in [3.8, 4) is 10.7 Å². The van der Waals surface area contributed by atoms with Gasteiger partial charge in [-0.2, -0.15) is 0 Å². The Morgan fingerprint density at radius 3 is 2.76 bits per heavy atom. The lowest BCUT2D eigenvalue weighted by Crippen LogP contribution is -2.39. The Kier molecular flexibility index (Phi) is 7.31. The first kappa shape index (κ1) is 24.2. The molecular formula is C24H27IN4O2S3. The topological polar surface area (TPSA) is 69.3 Å². The van der Waals surface area contributed by atoms with Gasteiger partial charge in [0.05, 0.1) is 22.9 Å². The number of rotatable bonds is 8. The van der Waals surface area contributed by atoms with Gasteiger partial charge in [0.25, 0.3) is 10.0 Å². The van der Waals surface area contributed by atoms with E-state index in [9.17, 15) is 8.42 Å². The fourth-order valence-corrected chi connectivity index (χ4v) is 8.79. The van der Waals surface area contributed by atoms with Crippen molar-refractivity contribution >= 4 is 71.9 Å². The van der Waals surface area contributed by atoms with Crippen LogP contribution >= 0.6 is 45.3 Å². The predicted molar refractivity (Wildman–Crippen MR) is 151 cm³/mol. The lowest BCUT2D eigenvalue weighted by atomic mass is 10.1. The Labute approximate surface area is 222 Å². The van der Waals surface area contributed by atoms with Crippen molar-refractivity contribution in [3.63, 3.8) is 0 Å². The number of thiophene rings is 1. The van der Waals surface area contributed by atoms with Crippen molar-refractivity contribution in [2.75, 3.05) is 21.8 Å². The summed E-state index contributed by atoms with van der Waals surface area (Å²) in [6.45, 7) is 5.22. The Morgan fingerprint density at radius 1 is 1.21 bits per heavy atom. The van der Waals surface area contributed by atoms with Gasteiger partial charge in [0.1, 0.15) is 9.22 Å². The van der Waals surface area contributed by atoms with E-state index < -0.39 is 10.0 Å². The Balaban J connectivity index is 1.51. The molecule has 4 aromatic rings. The quantitative estimate of drug-likeness (QED) is 0.183. The van der Waals surface area contributed by atoms with Crippen LogP contribution in [-0.4, -0.2) is 46.8 Å². The molecule has 0 radical (unpaired) electrons. The lowest BCUT2D eigenvalue weighted by molar-refractivity contribution is 0.222. The number of aromatic amines is 1. The summed E-state index contributed by atoms with van der Waals surface area (Å²) in [7, 11) is -3.67. The molecule has 10 heteroatoms. The van der Waals surface area contributed by atoms with E-state index in [2.05, 4.69) is 38.5 Å². The van der Waals surface area contributed by atoms with Crippen molar-refractivity contribution in [2.45, 2.75) is 43.0 Å². The number of anilines is 1. The predicted octanol–water partition coefficient (Wildman–Crippen LogP) is 6.36. The number of likely N-dealkylation sites (tertiary alicyclic amines) is 1. The molecule has 180 valence electrons. The lowest BCUT2D eigenvalue weighted by Gasteiger charge is -2.29. The van der Waals surface area contributed by atoms with Gasteiger partial charge >= 0.3 is 0 Å². The van der Waals surface area contributed by atoms with Crippen molar-refractivity contribution < 1.29 is 8.42 Å². The first-order valence-corrected chi connectivity index (χ1v) is 16.1. The Morgan fingerprint density at radius 2 is 2.03 bits per heavy atom. The van der Waals surface area contributed by atoms with Crippen LogP contribution in [0.5, 0.6) is 0 Å². The number of hydrogen-bond donors (Lipinski definition) is 1. The van der Waals surface area contributed by atoms with Gasteiger partial charge in [-0.05, 0) is 56.4 Å². The van der Waals surface area contributed by atoms with Crippen LogP contribution in [0, 0.1) is 0 Å². The number of sulfonamides is 1. The molecule has 34 heavy (non-hydrogen) atoms. The first-order valence-electron chi connectivity index (χ1n) is 11.4. The van der Waals surface area contributed by atoms with Gasteiger partial charge in [0.15, 0.2) is 0 Å². The average Bonchev–Trinajstić information content (AvgIpc) is 3.60. The summed E-state index contributed by atoms with van der Waals surface area (Å²) in [5, 5.41) is 3.72. The van der Waals surface area contributed by atoms with E-state index in [0.717, 1.165) is 41.2 Å². The van der Waals surface area contributed by atoms with Crippen molar-refractivity contribution in [2.24, 2.45) is 0 Å². The summed E-state index contributed by atoms with van der Waals surface area (Å²) in [5.41, 5.74) is 2.42. The molecule has 0 amide bonds. The third-order valence-corrected chi connectivity index (χ3v) is 11.7. The normalized spacial score (nSPS) is 16.2. The fraction of sp³-hybridized carbons (Fsp3) is 0.375. The second-order valence-electron chi connectivity index (χ2n) is 8.63. The molecule has 1 aliphatic heterocycles. The van der Waals surface area contributed by atoms with Gasteiger partial charge in [-0.25, -0.2) is 13.4 Å². The number of H-pyrrole nitrogens is 1. The molecule has 3 aromatic heterocycles. The number of halogens is 1. The average molecular weight is 627 g/mol. The molecule has 4 heterocycles. The van der Waals surface area contributed by atoms with Crippen LogP contribution in [0.25, 0.3) is 21.6 Å². The van der Waals surface area contributed by atoms with Gasteiger partial charge in [0, 0.05) is 27.4 Å². The number of piperidine rings is 1. The third-order valence-electron chi connectivity index (χ3n) is 6.12. The first-order chi connectivity index (χ1) is 16.5. The second kappa shape index (κ2) is 10.3. The van der Waals surface area contributed by atoms with Crippen molar-refractivity contribution in [1.82, 2.24) is 14.9 Å². The minimum absolute atomic E-state index is 0.193. The molecule has 1 saturated heterocycles. The number of fused-ring (bicyclic) bond motifs is 1. The van der Waals surface area contributed by atoms with E-state index in [1.807, 2.05) is 31.3 Å². The monoisotopic (exact) mass is 626 g/mol. The van der Waals surface area contributed by atoms with Crippen molar-refractivity contribution in [1.29, 1.82) is 0 Å². The zero-order valence-electron chi connectivity index (χ0n) is 18.9. The summed E-state index contributed by atoms with van der Waals surface area (Å²) >= 11 is 5.21. The summed E-state index contributed by atoms with van der Waals surface area (Å²) in [6, 6.07) is 11.2. The molecule has 1 unspecified atom stereocenters. The molecule has 5 rings (SSSR count). The van der Waals surface area contributed by atoms with Crippen LogP contribution in [0.2, 0.25) is 0 Å². The van der Waals surface area contributed by atoms with Gasteiger partial charge in [-0.1, -0.05) is 47.2 Å². The highest BCUT2D eigenvalue weighted by molar-refractivity contribution is 14.1. The number of para-hydroxylation sites is 1.